The Hall–Kier alpha value is -2.51. The quantitative estimate of drug-likeness (QED) is 0.710. The molecule has 2 aromatic heterocycles. The van der Waals surface area contributed by atoms with Crippen LogP contribution < -0.4 is 10.2 Å². The average molecular weight is 382 g/mol. The molecule has 3 heterocycles. The summed E-state index contributed by atoms with van der Waals surface area (Å²) in [6, 6.07) is 12.0. The molecule has 0 spiro atoms. The fourth-order valence-electron chi connectivity index (χ4n) is 3.16. The number of aryl methyl sites for hydroxylation is 1. The Balaban J connectivity index is 1.32. The number of hydrogen-bond donors (Lipinski definition) is 1. The summed E-state index contributed by atoms with van der Waals surface area (Å²) in [6.45, 7) is 3.57. The number of ether oxygens (including phenoxy) is 1. The number of nitrogens with zero attached hydrogens (tertiary/aromatic N) is 3. The van der Waals surface area contributed by atoms with Crippen molar-refractivity contribution in [3.05, 3.63) is 53.2 Å². The number of rotatable bonds is 6. The topological polar surface area (TPSA) is 67.4 Å². The third-order valence-corrected chi connectivity index (χ3v) is 5.65. The molecular weight excluding hydrogens is 360 g/mol. The molecule has 0 atom stereocenters. The number of morpholine rings is 1. The molecule has 1 N–H and O–H groups in total. The lowest BCUT2D eigenvalue weighted by Crippen LogP contribution is -2.37. The van der Waals surface area contributed by atoms with Crippen LogP contribution in [0.2, 0.25) is 0 Å². The molecule has 1 aromatic carbocycles. The lowest BCUT2D eigenvalue weighted by Gasteiger charge is -2.29. The van der Waals surface area contributed by atoms with Gasteiger partial charge in [-0.3, -0.25) is 4.79 Å². The van der Waals surface area contributed by atoms with Crippen LogP contribution in [0.5, 0.6) is 0 Å². The van der Waals surface area contributed by atoms with Gasteiger partial charge in [-0.05, 0) is 18.2 Å². The summed E-state index contributed by atoms with van der Waals surface area (Å²) in [7, 11) is 0. The van der Waals surface area contributed by atoms with E-state index in [0.29, 0.717) is 32.6 Å². The summed E-state index contributed by atoms with van der Waals surface area (Å²) in [4.78, 5) is 23.6. The second-order valence-electron chi connectivity index (χ2n) is 6.44. The van der Waals surface area contributed by atoms with E-state index in [4.69, 9.17) is 4.74 Å². The SMILES string of the molecule is O=C(CCc1nc2ccccc2s1)NCc1cccnc1N1CCOCC1. The molecule has 7 heteroatoms. The maximum Gasteiger partial charge on any atom is 0.220 e. The summed E-state index contributed by atoms with van der Waals surface area (Å²) < 4.78 is 6.58. The number of carbonyl (C=O) groups is 1. The highest BCUT2D eigenvalue weighted by molar-refractivity contribution is 7.18. The van der Waals surface area contributed by atoms with E-state index in [1.165, 1.54) is 4.70 Å². The van der Waals surface area contributed by atoms with Gasteiger partial charge in [0, 0.05) is 44.2 Å². The highest BCUT2D eigenvalue weighted by Crippen LogP contribution is 2.22. The Morgan fingerprint density at radius 1 is 1.19 bits per heavy atom. The molecule has 27 heavy (non-hydrogen) atoms. The van der Waals surface area contributed by atoms with Crippen LogP contribution in [-0.4, -0.2) is 42.2 Å². The highest BCUT2D eigenvalue weighted by Gasteiger charge is 2.16. The fourth-order valence-corrected chi connectivity index (χ4v) is 4.12. The van der Waals surface area contributed by atoms with Gasteiger partial charge in [0.1, 0.15) is 5.82 Å². The van der Waals surface area contributed by atoms with E-state index >= 15 is 0 Å². The van der Waals surface area contributed by atoms with Gasteiger partial charge in [-0.2, -0.15) is 0 Å². The molecule has 1 aliphatic heterocycles. The van der Waals surface area contributed by atoms with Crippen molar-refractivity contribution in [2.24, 2.45) is 0 Å². The first-order chi connectivity index (χ1) is 13.3. The first-order valence-corrected chi connectivity index (χ1v) is 9.99. The largest absolute Gasteiger partial charge is 0.378 e. The monoisotopic (exact) mass is 382 g/mol. The normalized spacial score (nSPS) is 14.4. The van der Waals surface area contributed by atoms with Crippen molar-refractivity contribution in [2.75, 3.05) is 31.2 Å². The van der Waals surface area contributed by atoms with Crippen molar-refractivity contribution >= 4 is 33.3 Å². The number of hydrogen-bond acceptors (Lipinski definition) is 6. The summed E-state index contributed by atoms with van der Waals surface area (Å²) in [5, 5.41) is 4.02. The number of carbonyl (C=O) groups excluding carboxylic acids is 1. The number of para-hydroxylation sites is 1. The van der Waals surface area contributed by atoms with Crippen LogP contribution in [0.3, 0.4) is 0 Å². The Kier molecular flexibility index (Phi) is 5.60. The van der Waals surface area contributed by atoms with E-state index < -0.39 is 0 Å². The van der Waals surface area contributed by atoms with Gasteiger partial charge in [0.05, 0.1) is 28.4 Å². The maximum absolute atomic E-state index is 12.3. The molecule has 4 rings (SSSR count). The second-order valence-corrected chi connectivity index (χ2v) is 7.55. The number of benzene rings is 1. The number of thiazole rings is 1. The number of aromatic nitrogens is 2. The molecule has 0 aliphatic carbocycles. The van der Waals surface area contributed by atoms with E-state index in [2.05, 4.69) is 26.3 Å². The van der Waals surface area contributed by atoms with Crippen LogP contribution in [0.25, 0.3) is 10.2 Å². The molecule has 0 saturated carbocycles. The molecule has 0 unspecified atom stereocenters. The zero-order chi connectivity index (χ0) is 18.5. The number of fused-ring (bicyclic) bond motifs is 1. The van der Waals surface area contributed by atoms with E-state index in [-0.39, 0.29) is 5.91 Å². The average Bonchev–Trinajstić information content (AvgIpc) is 3.15. The Bertz CT molecular complexity index is 888. The molecule has 3 aromatic rings. The Labute approximate surface area is 162 Å². The van der Waals surface area contributed by atoms with Gasteiger partial charge in [0.25, 0.3) is 0 Å². The molecule has 1 amide bonds. The molecule has 140 valence electrons. The van der Waals surface area contributed by atoms with E-state index in [0.717, 1.165) is 35.0 Å². The van der Waals surface area contributed by atoms with Crippen LogP contribution >= 0.6 is 11.3 Å². The number of anilines is 1. The van der Waals surface area contributed by atoms with Gasteiger partial charge in [0.2, 0.25) is 5.91 Å². The lowest BCUT2D eigenvalue weighted by atomic mass is 10.2. The van der Waals surface area contributed by atoms with Gasteiger partial charge >= 0.3 is 0 Å². The van der Waals surface area contributed by atoms with Gasteiger partial charge < -0.3 is 15.0 Å². The highest BCUT2D eigenvalue weighted by atomic mass is 32.1. The third kappa shape index (κ3) is 4.43. The molecule has 0 bridgehead atoms. The summed E-state index contributed by atoms with van der Waals surface area (Å²) >= 11 is 1.66. The Morgan fingerprint density at radius 2 is 2.04 bits per heavy atom. The first kappa shape index (κ1) is 17.9. The molecule has 1 saturated heterocycles. The molecule has 1 aliphatic rings. The predicted octanol–water partition coefficient (Wildman–Crippen LogP) is 2.78. The molecule has 0 radical (unpaired) electrons. The van der Waals surface area contributed by atoms with Crippen molar-refractivity contribution in [2.45, 2.75) is 19.4 Å². The summed E-state index contributed by atoms with van der Waals surface area (Å²) in [6.07, 6.45) is 2.89. The van der Waals surface area contributed by atoms with Gasteiger partial charge in [0.15, 0.2) is 0 Å². The number of amides is 1. The van der Waals surface area contributed by atoms with Crippen LogP contribution in [0.15, 0.2) is 42.6 Å². The summed E-state index contributed by atoms with van der Waals surface area (Å²) in [5.41, 5.74) is 2.04. The van der Waals surface area contributed by atoms with Crippen molar-refractivity contribution in [1.29, 1.82) is 0 Å². The van der Waals surface area contributed by atoms with Crippen molar-refractivity contribution in [1.82, 2.24) is 15.3 Å². The van der Waals surface area contributed by atoms with Gasteiger partial charge in [-0.1, -0.05) is 18.2 Å². The van der Waals surface area contributed by atoms with E-state index in [1.807, 2.05) is 30.3 Å². The van der Waals surface area contributed by atoms with Crippen LogP contribution in [-0.2, 0) is 22.5 Å². The van der Waals surface area contributed by atoms with E-state index in [9.17, 15) is 4.79 Å². The lowest BCUT2D eigenvalue weighted by molar-refractivity contribution is -0.121. The van der Waals surface area contributed by atoms with Crippen LogP contribution in [0.4, 0.5) is 5.82 Å². The van der Waals surface area contributed by atoms with E-state index in [1.54, 1.807) is 17.5 Å². The summed E-state index contributed by atoms with van der Waals surface area (Å²) in [5.74, 6) is 0.971. The maximum atomic E-state index is 12.3. The third-order valence-electron chi connectivity index (χ3n) is 4.56. The molecule has 1 fully saturated rings. The van der Waals surface area contributed by atoms with Crippen molar-refractivity contribution in [3.63, 3.8) is 0 Å². The van der Waals surface area contributed by atoms with Gasteiger partial charge in [-0.25, -0.2) is 9.97 Å². The smallest absolute Gasteiger partial charge is 0.220 e. The standard InChI is InChI=1S/C20H22N4O2S/c25-18(7-8-19-23-16-5-1-2-6-17(16)27-19)22-14-15-4-3-9-21-20(15)24-10-12-26-13-11-24/h1-6,9H,7-8,10-14H2,(H,22,25). The number of nitrogens with one attached hydrogen (secondary N) is 1. The first-order valence-electron chi connectivity index (χ1n) is 9.17. The minimum absolute atomic E-state index is 0.0334. The minimum atomic E-state index is 0.0334. The van der Waals surface area contributed by atoms with Crippen LogP contribution in [0.1, 0.15) is 17.0 Å². The zero-order valence-electron chi connectivity index (χ0n) is 15.1. The number of pyridine rings is 1. The zero-order valence-corrected chi connectivity index (χ0v) is 15.9. The van der Waals surface area contributed by atoms with Gasteiger partial charge in [-0.15, -0.1) is 11.3 Å². The van der Waals surface area contributed by atoms with Crippen LogP contribution in [0, 0.1) is 0 Å². The molecular formula is C20H22N4O2S. The minimum Gasteiger partial charge on any atom is -0.378 e. The predicted molar refractivity (Wildman–Crippen MR) is 107 cm³/mol. The second kappa shape index (κ2) is 8.45. The Morgan fingerprint density at radius 3 is 2.89 bits per heavy atom. The molecule has 6 nitrogen and oxygen atoms in total. The van der Waals surface area contributed by atoms with Crippen molar-refractivity contribution < 1.29 is 9.53 Å². The fraction of sp³-hybridized carbons (Fsp3) is 0.350. The van der Waals surface area contributed by atoms with Crippen molar-refractivity contribution in [3.8, 4) is 0 Å².